The molecular weight excluding hydrogens is 214 g/mol. The summed E-state index contributed by atoms with van der Waals surface area (Å²) in [6.07, 6.45) is 3.80. The summed E-state index contributed by atoms with van der Waals surface area (Å²) in [5.74, 6) is 0. The number of nitrogens with zero attached hydrogens (tertiary/aromatic N) is 4. The Labute approximate surface area is 101 Å². The largest absolute Gasteiger partial charge is 0.303 e. The lowest BCUT2D eigenvalue weighted by atomic mass is 10.2. The molecule has 5 nitrogen and oxygen atoms in total. The van der Waals surface area contributed by atoms with E-state index >= 15 is 0 Å². The molecule has 0 aliphatic rings. The van der Waals surface area contributed by atoms with Crippen molar-refractivity contribution in [2.45, 2.75) is 33.0 Å². The fourth-order valence-corrected chi connectivity index (χ4v) is 1.89. The molecule has 0 radical (unpaired) electrons. The Morgan fingerprint density at radius 2 is 2.24 bits per heavy atom. The Balaban J connectivity index is 1.95. The third kappa shape index (κ3) is 2.74. The maximum absolute atomic E-state index is 4.34. The first kappa shape index (κ1) is 11.9. The van der Waals surface area contributed by atoms with Crippen LogP contribution in [0.5, 0.6) is 0 Å². The van der Waals surface area contributed by atoms with Crippen molar-refractivity contribution in [2.75, 3.05) is 0 Å². The molecule has 2 rings (SSSR count). The van der Waals surface area contributed by atoms with E-state index in [0.717, 1.165) is 18.8 Å². The van der Waals surface area contributed by atoms with Gasteiger partial charge >= 0.3 is 0 Å². The lowest BCUT2D eigenvalue weighted by Gasteiger charge is -2.14. The molecule has 1 atom stereocenters. The summed E-state index contributed by atoms with van der Waals surface area (Å²) in [5, 5.41) is 12.1. The van der Waals surface area contributed by atoms with E-state index in [1.807, 2.05) is 34.9 Å². The number of nitrogens with one attached hydrogen (secondary N) is 1. The van der Waals surface area contributed by atoms with Gasteiger partial charge in [-0.2, -0.15) is 10.2 Å². The van der Waals surface area contributed by atoms with Crippen molar-refractivity contribution < 1.29 is 0 Å². The molecule has 0 aromatic carbocycles. The van der Waals surface area contributed by atoms with E-state index in [4.69, 9.17) is 0 Å². The van der Waals surface area contributed by atoms with Crippen molar-refractivity contribution in [3.05, 3.63) is 35.9 Å². The third-order valence-corrected chi connectivity index (χ3v) is 2.85. The molecule has 17 heavy (non-hydrogen) atoms. The van der Waals surface area contributed by atoms with Gasteiger partial charge in [-0.3, -0.25) is 9.36 Å². The Morgan fingerprint density at radius 3 is 2.88 bits per heavy atom. The number of hydrogen-bond donors (Lipinski definition) is 1. The second-order valence-electron chi connectivity index (χ2n) is 4.16. The van der Waals surface area contributed by atoms with Gasteiger partial charge in [0.05, 0.1) is 11.4 Å². The molecule has 0 saturated carbocycles. The first-order chi connectivity index (χ1) is 8.20. The Hall–Kier alpha value is -1.62. The van der Waals surface area contributed by atoms with Gasteiger partial charge in [-0.15, -0.1) is 0 Å². The zero-order valence-electron chi connectivity index (χ0n) is 10.6. The minimum absolute atomic E-state index is 0.277. The molecule has 2 aromatic heterocycles. The smallest absolute Gasteiger partial charge is 0.0762 e. The molecular formula is C12H19N5. The summed E-state index contributed by atoms with van der Waals surface area (Å²) >= 11 is 0. The van der Waals surface area contributed by atoms with Crippen LogP contribution in [-0.2, 0) is 20.1 Å². The Morgan fingerprint density at radius 1 is 1.41 bits per heavy atom. The second-order valence-corrected chi connectivity index (χ2v) is 4.16. The predicted octanol–water partition coefficient (Wildman–Crippen LogP) is 1.49. The Kier molecular flexibility index (Phi) is 3.58. The van der Waals surface area contributed by atoms with Gasteiger partial charge in [0.15, 0.2) is 0 Å². The fraction of sp³-hybridized carbons (Fsp3) is 0.500. The van der Waals surface area contributed by atoms with E-state index in [9.17, 15) is 0 Å². The van der Waals surface area contributed by atoms with Gasteiger partial charge in [0.2, 0.25) is 0 Å². The number of aryl methyl sites for hydroxylation is 2. The average molecular weight is 233 g/mol. The number of hydrogen-bond acceptors (Lipinski definition) is 3. The highest BCUT2D eigenvalue weighted by molar-refractivity contribution is 5.07. The summed E-state index contributed by atoms with van der Waals surface area (Å²) in [5.41, 5.74) is 2.27. The van der Waals surface area contributed by atoms with Gasteiger partial charge in [-0.05, 0) is 26.0 Å². The monoisotopic (exact) mass is 233 g/mol. The van der Waals surface area contributed by atoms with Gasteiger partial charge in [-0.25, -0.2) is 0 Å². The van der Waals surface area contributed by atoms with Gasteiger partial charge in [0.25, 0.3) is 0 Å². The number of rotatable bonds is 5. The van der Waals surface area contributed by atoms with E-state index in [0.29, 0.717) is 0 Å². The quantitative estimate of drug-likeness (QED) is 0.851. The van der Waals surface area contributed by atoms with Crippen LogP contribution in [0.2, 0.25) is 0 Å². The molecule has 5 heteroatoms. The molecule has 1 unspecified atom stereocenters. The van der Waals surface area contributed by atoms with Crippen molar-refractivity contribution in [1.82, 2.24) is 24.9 Å². The van der Waals surface area contributed by atoms with Gasteiger partial charge < -0.3 is 5.32 Å². The van der Waals surface area contributed by atoms with Crippen LogP contribution in [0, 0.1) is 0 Å². The van der Waals surface area contributed by atoms with Crippen LogP contribution >= 0.6 is 0 Å². The fourth-order valence-electron chi connectivity index (χ4n) is 1.89. The molecule has 92 valence electrons. The van der Waals surface area contributed by atoms with E-state index in [1.54, 1.807) is 0 Å². The van der Waals surface area contributed by atoms with Crippen molar-refractivity contribution in [3.63, 3.8) is 0 Å². The molecule has 0 fully saturated rings. The molecule has 1 N–H and O–H groups in total. The van der Waals surface area contributed by atoms with Crippen LogP contribution in [0.1, 0.15) is 31.3 Å². The molecule has 0 amide bonds. The van der Waals surface area contributed by atoms with Crippen LogP contribution in [-0.4, -0.2) is 19.6 Å². The highest BCUT2D eigenvalue weighted by Crippen LogP contribution is 2.12. The zero-order chi connectivity index (χ0) is 12.3. The minimum atomic E-state index is 0.277. The molecule has 0 saturated heterocycles. The van der Waals surface area contributed by atoms with Crippen molar-refractivity contribution in [2.24, 2.45) is 7.05 Å². The topological polar surface area (TPSA) is 47.7 Å². The molecule has 0 spiro atoms. The first-order valence-electron chi connectivity index (χ1n) is 5.94. The molecule has 0 bridgehead atoms. The van der Waals surface area contributed by atoms with E-state index in [-0.39, 0.29) is 6.04 Å². The van der Waals surface area contributed by atoms with Gasteiger partial charge in [0.1, 0.15) is 0 Å². The van der Waals surface area contributed by atoms with Gasteiger partial charge in [0, 0.05) is 38.6 Å². The standard InChI is InChI=1S/C12H19N5/c1-4-17-12(5-7-14-17)10(2)13-9-11-6-8-16(3)15-11/h5-8,10,13H,4,9H2,1-3H3. The summed E-state index contributed by atoms with van der Waals surface area (Å²) in [7, 11) is 1.93. The second kappa shape index (κ2) is 5.14. The van der Waals surface area contributed by atoms with Crippen LogP contribution < -0.4 is 5.32 Å². The summed E-state index contributed by atoms with van der Waals surface area (Å²) in [6.45, 7) is 5.92. The molecule has 0 aliphatic carbocycles. The lowest BCUT2D eigenvalue weighted by Crippen LogP contribution is -2.21. The van der Waals surface area contributed by atoms with E-state index < -0.39 is 0 Å². The number of aromatic nitrogens is 4. The van der Waals surface area contributed by atoms with Crippen LogP contribution in [0.3, 0.4) is 0 Å². The highest BCUT2D eigenvalue weighted by atomic mass is 15.3. The van der Waals surface area contributed by atoms with E-state index in [2.05, 4.69) is 35.4 Å². The van der Waals surface area contributed by atoms with Crippen molar-refractivity contribution in [1.29, 1.82) is 0 Å². The summed E-state index contributed by atoms with van der Waals surface area (Å²) in [6, 6.07) is 4.36. The average Bonchev–Trinajstić information content (AvgIpc) is 2.94. The van der Waals surface area contributed by atoms with E-state index in [1.165, 1.54) is 5.69 Å². The normalized spacial score (nSPS) is 12.9. The highest BCUT2D eigenvalue weighted by Gasteiger charge is 2.10. The molecule has 2 aromatic rings. The predicted molar refractivity (Wildman–Crippen MR) is 66.4 cm³/mol. The lowest BCUT2D eigenvalue weighted by molar-refractivity contribution is 0.504. The summed E-state index contributed by atoms with van der Waals surface area (Å²) in [4.78, 5) is 0. The SMILES string of the molecule is CCn1nccc1C(C)NCc1ccn(C)n1. The molecule has 2 heterocycles. The third-order valence-electron chi connectivity index (χ3n) is 2.85. The first-order valence-corrected chi connectivity index (χ1v) is 5.94. The van der Waals surface area contributed by atoms with Crippen LogP contribution in [0.25, 0.3) is 0 Å². The molecule has 0 aliphatic heterocycles. The van der Waals surface area contributed by atoms with Crippen molar-refractivity contribution in [3.8, 4) is 0 Å². The summed E-state index contributed by atoms with van der Waals surface area (Å²) < 4.78 is 3.83. The maximum atomic E-state index is 4.34. The van der Waals surface area contributed by atoms with Crippen LogP contribution in [0.15, 0.2) is 24.5 Å². The van der Waals surface area contributed by atoms with Crippen molar-refractivity contribution >= 4 is 0 Å². The minimum Gasteiger partial charge on any atom is -0.303 e. The zero-order valence-corrected chi connectivity index (χ0v) is 10.6. The Bertz CT molecular complexity index is 471. The van der Waals surface area contributed by atoms with Gasteiger partial charge in [-0.1, -0.05) is 0 Å². The maximum Gasteiger partial charge on any atom is 0.0762 e. The van der Waals surface area contributed by atoms with Crippen LogP contribution in [0.4, 0.5) is 0 Å².